The summed E-state index contributed by atoms with van der Waals surface area (Å²) in [7, 11) is 1.98. The molecule has 2 heterocycles. The molecule has 0 saturated heterocycles. The smallest absolute Gasteiger partial charge is 0.306 e. The lowest BCUT2D eigenvalue weighted by molar-refractivity contribution is 0.307. The van der Waals surface area contributed by atoms with Gasteiger partial charge in [-0.2, -0.15) is 0 Å². The average molecular weight is 363 g/mol. The third-order valence-electron chi connectivity index (χ3n) is 4.33. The highest BCUT2D eigenvalue weighted by atomic mass is 16.2. The van der Waals surface area contributed by atoms with Crippen molar-refractivity contribution in [3.63, 3.8) is 0 Å². The number of hydrogen-bond donors (Lipinski definition) is 2. The van der Waals surface area contributed by atoms with Crippen LogP contribution in [0.2, 0.25) is 0 Å². The normalized spacial score (nSPS) is 11.2. The van der Waals surface area contributed by atoms with Gasteiger partial charge in [-0.1, -0.05) is 0 Å². The third kappa shape index (κ3) is 5.16. The number of aryl methyl sites for hydroxylation is 2. The van der Waals surface area contributed by atoms with Gasteiger partial charge in [0.25, 0.3) is 11.1 Å². The van der Waals surface area contributed by atoms with Crippen LogP contribution in [0.3, 0.4) is 0 Å². The van der Waals surface area contributed by atoms with E-state index in [1.54, 1.807) is 23.0 Å². The van der Waals surface area contributed by atoms with Gasteiger partial charge in [0, 0.05) is 36.6 Å². The van der Waals surface area contributed by atoms with Crippen LogP contribution in [0.1, 0.15) is 24.2 Å². The zero-order chi connectivity index (χ0) is 19.3. The van der Waals surface area contributed by atoms with Gasteiger partial charge in [0.2, 0.25) is 0 Å². The van der Waals surface area contributed by atoms with Crippen molar-refractivity contribution in [2.75, 3.05) is 20.1 Å². The van der Waals surface area contributed by atoms with E-state index in [4.69, 9.17) is 0 Å². The second-order valence-corrected chi connectivity index (χ2v) is 6.47. The topological polar surface area (TPSA) is 113 Å². The molecule has 2 aromatic heterocycles. The van der Waals surface area contributed by atoms with E-state index in [1.165, 1.54) is 12.1 Å². The summed E-state index contributed by atoms with van der Waals surface area (Å²) >= 11 is 0. The van der Waals surface area contributed by atoms with Gasteiger partial charge in [0.05, 0.1) is 0 Å². The lowest BCUT2D eigenvalue weighted by Gasteiger charge is -2.18. The van der Waals surface area contributed by atoms with E-state index in [-0.39, 0.29) is 22.5 Å². The Labute approximate surface area is 149 Å². The molecule has 0 fully saturated rings. The fourth-order valence-corrected chi connectivity index (χ4v) is 2.94. The van der Waals surface area contributed by atoms with Crippen molar-refractivity contribution in [3.8, 4) is 0 Å². The van der Waals surface area contributed by atoms with E-state index in [1.807, 2.05) is 7.05 Å². The molecule has 0 bridgehead atoms. The Balaban J connectivity index is 1.81. The van der Waals surface area contributed by atoms with E-state index in [9.17, 15) is 19.2 Å². The molecule has 0 aliphatic heterocycles. The monoisotopic (exact) mass is 363 g/mol. The van der Waals surface area contributed by atoms with Crippen LogP contribution < -0.4 is 22.5 Å². The first kappa shape index (κ1) is 19.6. The summed E-state index contributed by atoms with van der Waals surface area (Å²) in [5, 5.41) is 0. The quantitative estimate of drug-likeness (QED) is 0.651. The van der Waals surface area contributed by atoms with Crippen LogP contribution >= 0.6 is 0 Å². The predicted octanol–water partition coefficient (Wildman–Crippen LogP) is -0.584. The summed E-state index contributed by atoms with van der Waals surface area (Å²) in [4.78, 5) is 52.7. The molecular weight excluding hydrogens is 338 g/mol. The first-order valence-electron chi connectivity index (χ1n) is 8.58. The molecule has 0 aliphatic rings. The Morgan fingerprint density at radius 2 is 1.19 bits per heavy atom. The van der Waals surface area contributed by atoms with Gasteiger partial charge < -0.3 is 4.90 Å². The molecule has 2 rings (SSSR count). The molecule has 9 heteroatoms. The van der Waals surface area contributed by atoms with E-state index in [0.29, 0.717) is 24.5 Å². The number of rotatable bonds is 8. The number of aromatic nitrogens is 4. The predicted molar refractivity (Wildman–Crippen MR) is 98.9 cm³/mol. The molecular formula is C17H25N5O4. The molecule has 142 valence electrons. The van der Waals surface area contributed by atoms with Crippen LogP contribution in [0.4, 0.5) is 0 Å². The van der Waals surface area contributed by atoms with Crippen molar-refractivity contribution in [2.45, 2.75) is 39.8 Å². The molecule has 26 heavy (non-hydrogen) atoms. The second-order valence-electron chi connectivity index (χ2n) is 6.47. The highest BCUT2D eigenvalue weighted by molar-refractivity contribution is 4.99. The maximum absolute atomic E-state index is 11.8. The van der Waals surface area contributed by atoms with Gasteiger partial charge in [-0.3, -0.25) is 28.7 Å². The van der Waals surface area contributed by atoms with Gasteiger partial charge >= 0.3 is 11.4 Å². The number of aromatic amines is 2. The summed E-state index contributed by atoms with van der Waals surface area (Å²) < 4.78 is 3.11. The van der Waals surface area contributed by atoms with Gasteiger partial charge in [-0.25, -0.2) is 9.59 Å². The molecule has 0 radical (unpaired) electrons. The molecule has 0 aliphatic carbocycles. The largest absolute Gasteiger partial charge is 0.328 e. The van der Waals surface area contributed by atoms with Gasteiger partial charge in [-0.05, 0) is 46.8 Å². The molecule has 0 saturated carbocycles. The van der Waals surface area contributed by atoms with Crippen LogP contribution in [0.25, 0.3) is 0 Å². The van der Waals surface area contributed by atoms with E-state index in [0.717, 1.165) is 25.9 Å². The summed E-state index contributed by atoms with van der Waals surface area (Å²) in [6, 6.07) is 2.82. The Morgan fingerprint density at radius 1 is 0.808 bits per heavy atom. The zero-order valence-corrected chi connectivity index (χ0v) is 15.4. The minimum absolute atomic E-state index is 0.381. The maximum atomic E-state index is 11.8. The lowest BCUT2D eigenvalue weighted by atomic mass is 10.3. The van der Waals surface area contributed by atoms with Crippen LogP contribution in [0, 0.1) is 13.8 Å². The van der Waals surface area contributed by atoms with Crippen LogP contribution in [-0.4, -0.2) is 44.1 Å². The fourth-order valence-electron chi connectivity index (χ4n) is 2.94. The third-order valence-corrected chi connectivity index (χ3v) is 4.33. The lowest BCUT2D eigenvalue weighted by Crippen LogP contribution is -2.33. The van der Waals surface area contributed by atoms with Crippen molar-refractivity contribution in [1.82, 2.24) is 24.0 Å². The number of H-pyrrole nitrogens is 2. The Hall–Kier alpha value is -2.68. The molecule has 0 aromatic carbocycles. The number of nitrogens with zero attached hydrogens (tertiary/aromatic N) is 3. The molecule has 0 unspecified atom stereocenters. The molecule has 2 aromatic rings. The second kappa shape index (κ2) is 8.61. The van der Waals surface area contributed by atoms with Gasteiger partial charge in [0.15, 0.2) is 0 Å². The standard InChI is InChI=1S/C17H25N5O4/c1-12-10-14(23)18-16(25)21(12)8-4-6-20(3)7-5-9-22-13(2)11-15(24)19-17(22)26/h10-11H,4-9H2,1-3H3,(H,18,23,25)(H,19,24,26). The highest BCUT2D eigenvalue weighted by Crippen LogP contribution is 1.98. The Kier molecular flexibility index (Phi) is 6.51. The van der Waals surface area contributed by atoms with Crippen LogP contribution in [0.15, 0.2) is 31.3 Å². The van der Waals surface area contributed by atoms with E-state index < -0.39 is 0 Å². The molecule has 0 atom stereocenters. The van der Waals surface area contributed by atoms with E-state index >= 15 is 0 Å². The Bertz CT molecular complexity index is 903. The average Bonchev–Trinajstić information content (AvgIpc) is 2.52. The van der Waals surface area contributed by atoms with Crippen molar-refractivity contribution in [1.29, 1.82) is 0 Å². The van der Waals surface area contributed by atoms with Gasteiger partial charge in [-0.15, -0.1) is 0 Å². The number of nitrogens with one attached hydrogen (secondary N) is 2. The maximum Gasteiger partial charge on any atom is 0.328 e. The van der Waals surface area contributed by atoms with Crippen molar-refractivity contribution >= 4 is 0 Å². The van der Waals surface area contributed by atoms with Crippen LogP contribution in [-0.2, 0) is 13.1 Å². The van der Waals surface area contributed by atoms with Crippen molar-refractivity contribution < 1.29 is 0 Å². The zero-order valence-electron chi connectivity index (χ0n) is 15.4. The summed E-state index contributed by atoms with van der Waals surface area (Å²) in [6.45, 7) is 6.11. The fraction of sp³-hybridized carbons (Fsp3) is 0.529. The first-order valence-corrected chi connectivity index (χ1v) is 8.58. The number of hydrogen-bond acceptors (Lipinski definition) is 5. The van der Waals surface area contributed by atoms with Gasteiger partial charge in [0.1, 0.15) is 0 Å². The SMILES string of the molecule is Cc1cc(=O)[nH]c(=O)n1CCCN(C)CCCn1c(C)cc(=O)[nH]c1=O. The minimum atomic E-state index is -0.384. The first-order chi connectivity index (χ1) is 12.3. The molecule has 0 amide bonds. The Morgan fingerprint density at radius 3 is 1.54 bits per heavy atom. The van der Waals surface area contributed by atoms with Crippen molar-refractivity contribution in [2.24, 2.45) is 0 Å². The summed E-state index contributed by atoms with van der Waals surface area (Å²) in [5.74, 6) is 0. The van der Waals surface area contributed by atoms with Crippen molar-refractivity contribution in [3.05, 3.63) is 65.2 Å². The molecule has 9 nitrogen and oxygen atoms in total. The minimum Gasteiger partial charge on any atom is -0.306 e. The molecule has 2 N–H and O–H groups in total. The van der Waals surface area contributed by atoms with Crippen LogP contribution in [0.5, 0.6) is 0 Å². The highest BCUT2D eigenvalue weighted by Gasteiger charge is 2.05. The summed E-state index contributed by atoms with van der Waals surface area (Å²) in [5.41, 5.74) is -0.234. The molecule has 0 spiro atoms. The van der Waals surface area contributed by atoms with E-state index in [2.05, 4.69) is 14.9 Å². The summed E-state index contributed by atoms with van der Waals surface area (Å²) in [6.07, 6.45) is 1.53.